The molecule has 0 saturated carbocycles. The summed E-state index contributed by atoms with van der Waals surface area (Å²) in [7, 11) is 3.96. The molecule has 0 aliphatic carbocycles. The van der Waals surface area contributed by atoms with Crippen LogP contribution in [0.5, 0.6) is 0 Å². The fraction of sp³-hybridized carbons (Fsp3) is 0.143. The van der Waals surface area contributed by atoms with Crippen molar-refractivity contribution in [2.24, 2.45) is 0 Å². The molecule has 2 aromatic carbocycles. The number of hydrogen-bond donors (Lipinski definition) is 1. The van der Waals surface area contributed by atoms with Gasteiger partial charge in [0.15, 0.2) is 0 Å². The molecular formula is C14H17B2N4Na. The topological polar surface area (TPSA) is 32.6 Å². The van der Waals surface area contributed by atoms with Crippen molar-refractivity contribution in [2.45, 2.75) is 0 Å². The second-order valence-electron chi connectivity index (χ2n) is 4.89. The van der Waals surface area contributed by atoms with Crippen molar-refractivity contribution in [3.8, 4) is 0 Å². The fourth-order valence-corrected chi connectivity index (χ4v) is 2.70. The molecule has 0 spiro atoms. The van der Waals surface area contributed by atoms with Gasteiger partial charge in [0.2, 0.25) is 0 Å². The Morgan fingerprint density at radius 2 is 1.43 bits per heavy atom. The first-order chi connectivity index (χ1) is 9.81. The molecule has 1 saturated heterocycles. The molecule has 1 heterocycles. The van der Waals surface area contributed by atoms with Crippen LogP contribution in [0.25, 0.3) is 5.34 Å². The van der Waals surface area contributed by atoms with Gasteiger partial charge in [-0.1, -0.05) is 66.1 Å². The molecule has 0 aromatic heterocycles. The number of hydrazine groups is 1. The molecule has 0 unspecified atom stereocenters. The van der Waals surface area contributed by atoms with E-state index < -0.39 is 0 Å². The Morgan fingerprint density at radius 1 is 0.905 bits per heavy atom. The predicted molar refractivity (Wildman–Crippen MR) is 85.7 cm³/mol. The van der Waals surface area contributed by atoms with E-state index in [9.17, 15) is 0 Å². The molecule has 2 aromatic rings. The third-order valence-electron chi connectivity index (χ3n) is 3.63. The molecular weight excluding hydrogens is 269 g/mol. The van der Waals surface area contributed by atoms with Crippen molar-refractivity contribution in [3.05, 3.63) is 66.0 Å². The van der Waals surface area contributed by atoms with Crippen LogP contribution in [0.2, 0.25) is 0 Å². The van der Waals surface area contributed by atoms with E-state index in [1.165, 1.54) is 10.9 Å². The average Bonchev–Trinajstić information content (AvgIpc) is 2.85. The number of rotatable bonds is 3. The second-order valence-corrected chi connectivity index (χ2v) is 4.89. The zero-order valence-electron chi connectivity index (χ0n) is 12.8. The van der Waals surface area contributed by atoms with Crippen LogP contribution in [0.1, 0.15) is 0 Å². The Balaban J connectivity index is 0.00000161. The van der Waals surface area contributed by atoms with Crippen molar-refractivity contribution in [3.63, 3.8) is 0 Å². The SMILES string of the molecule is CNN1B(c2ccccc2)[N-]N(C)B1c1ccccc1.[Na+]. The van der Waals surface area contributed by atoms with Crippen LogP contribution >= 0.6 is 0 Å². The van der Waals surface area contributed by atoms with Crippen molar-refractivity contribution in [1.82, 2.24) is 15.2 Å². The summed E-state index contributed by atoms with van der Waals surface area (Å²) in [5.41, 5.74) is 5.70. The molecule has 7 heteroatoms. The third kappa shape index (κ3) is 3.43. The first kappa shape index (κ1) is 16.8. The van der Waals surface area contributed by atoms with Gasteiger partial charge in [0.25, 0.3) is 0 Å². The van der Waals surface area contributed by atoms with Crippen molar-refractivity contribution >= 4 is 24.9 Å². The number of nitrogens with zero attached hydrogens (tertiary/aromatic N) is 3. The van der Waals surface area contributed by atoms with Crippen LogP contribution in [0.15, 0.2) is 60.7 Å². The van der Waals surface area contributed by atoms with E-state index in [0.29, 0.717) is 0 Å². The van der Waals surface area contributed by atoms with Gasteiger partial charge in [0.05, 0.1) is 0 Å². The van der Waals surface area contributed by atoms with E-state index in [0.717, 1.165) is 0 Å². The van der Waals surface area contributed by atoms with E-state index >= 15 is 0 Å². The third-order valence-corrected chi connectivity index (χ3v) is 3.63. The van der Waals surface area contributed by atoms with Crippen LogP contribution in [0.4, 0.5) is 0 Å². The van der Waals surface area contributed by atoms with Gasteiger partial charge in [-0.25, -0.2) is 0 Å². The van der Waals surface area contributed by atoms with Crippen molar-refractivity contribution in [2.75, 3.05) is 14.1 Å². The molecule has 0 amide bonds. The Morgan fingerprint density at radius 3 is 1.95 bits per heavy atom. The molecule has 1 aliphatic rings. The van der Waals surface area contributed by atoms with Gasteiger partial charge in [0, 0.05) is 0 Å². The Bertz CT molecular complexity index is 557. The van der Waals surface area contributed by atoms with E-state index in [1.54, 1.807) is 0 Å². The van der Waals surface area contributed by atoms with E-state index in [2.05, 4.69) is 58.8 Å². The van der Waals surface area contributed by atoms with Crippen molar-refractivity contribution in [1.29, 1.82) is 0 Å². The summed E-state index contributed by atoms with van der Waals surface area (Å²) in [4.78, 5) is 4.19. The Kier molecular flexibility index (Phi) is 6.08. The second kappa shape index (κ2) is 7.61. The number of hydrogen-bond acceptors (Lipinski definition) is 3. The van der Waals surface area contributed by atoms with Crippen LogP contribution in [0, 0.1) is 0 Å². The maximum absolute atomic E-state index is 4.77. The minimum absolute atomic E-state index is 0. The molecule has 1 N–H and O–H groups in total. The monoisotopic (exact) mass is 286 g/mol. The largest absolute Gasteiger partial charge is 1.00 e. The summed E-state index contributed by atoms with van der Waals surface area (Å²) in [5, 5.41) is 4.77. The quantitative estimate of drug-likeness (QED) is 0.631. The minimum atomic E-state index is -0.00333. The molecule has 1 fully saturated rings. The first-order valence-electron chi connectivity index (χ1n) is 6.80. The summed E-state index contributed by atoms with van der Waals surface area (Å²) >= 11 is 0. The molecule has 0 bridgehead atoms. The number of benzene rings is 2. The van der Waals surface area contributed by atoms with E-state index in [1.807, 2.05) is 31.1 Å². The standard InChI is InChI=1S/C14H17B2N4.Na/c1-17-20-15(13-9-5-3-6-10-13)18-19(2)16(20)14-11-7-4-8-12-14;/h3-12,17H,1-2H3;/q-1;+1. The molecule has 3 rings (SSSR count). The predicted octanol–water partition coefficient (Wildman–Crippen LogP) is -2.55. The molecule has 100 valence electrons. The van der Waals surface area contributed by atoms with Crippen molar-refractivity contribution < 1.29 is 29.6 Å². The summed E-state index contributed by atoms with van der Waals surface area (Å²) < 4.78 is 0. The zero-order valence-corrected chi connectivity index (χ0v) is 14.8. The Hall–Kier alpha value is -0.590. The van der Waals surface area contributed by atoms with Gasteiger partial charge < -0.3 is 15.1 Å². The molecule has 0 atom stereocenters. The first-order valence-corrected chi connectivity index (χ1v) is 6.80. The summed E-state index contributed by atoms with van der Waals surface area (Å²) in [6.45, 7) is 0.0998. The Labute approximate surface area is 149 Å². The normalized spacial score (nSPS) is 16.1. The smallest absolute Gasteiger partial charge is 0.611 e. The zero-order chi connectivity index (χ0) is 13.9. The summed E-state index contributed by atoms with van der Waals surface area (Å²) in [6.07, 6.45) is 0. The molecule has 4 nitrogen and oxygen atoms in total. The van der Waals surface area contributed by atoms with Gasteiger partial charge in [-0.2, -0.15) is 0 Å². The van der Waals surface area contributed by atoms with Gasteiger partial charge >= 0.3 is 36.5 Å². The van der Waals surface area contributed by atoms with Gasteiger partial charge in [0.1, 0.15) is 6.98 Å². The summed E-state index contributed by atoms with van der Waals surface area (Å²) in [5.74, 6) is 0. The number of nitrogens with one attached hydrogen (secondary N) is 1. The van der Waals surface area contributed by atoms with E-state index in [-0.39, 0.29) is 43.5 Å². The maximum Gasteiger partial charge on any atom is 1.00 e. The minimum Gasteiger partial charge on any atom is -0.611 e. The van der Waals surface area contributed by atoms with E-state index in [4.69, 9.17) is 5.34 Å². The van der Waals surface area contributed by atoms with Crippen LogP contribution < -0.4 is 45.9 Å². The molecule has 0 radical (unpaired) electrons. The van der Waals surface area contributed by atoms with Crippen LogP contribution in [0.3, 0.4) is 0 Å². The average molecular weight is 286 g/mol. The molecule has 1 aliphatic heterocycles. The van der Waals surface area contributed by atoms with Gasteiger partial charge in [-0.3, -0.25) is 5.43 Å². The van der Waals surface area contributed by atoms with Gasteiger partial charge in [-0.05, 0) is 19.6 Å². The summed E-state index contributed by atoms with van der Waals surface area (Å²) in [6, 6.07) is 20.8. The fourth-order valence-electron chi connectivity index (χ4n) is 2.70. The maximum atomic E-state index is 4.77. The van der Waals surface area contributed by atoms with Crippen LogP contribution in [-0.2, 0) is 0 Å². The van der Waals surface area contributed by atoms with Gasteiger partial charge in [-0.15, -0.1) is 0 Å². The van der Waals surface area contributed by atoms with Crippen LogP contribution in [-0.4, -0.2) is 37.8 Å². The molecule has 21 heavy (non-hydrogen) atoms.